The number of imidazole rings is 1. The average Bonchev–Trinajstić information content (AvgIpc) is 3.14. The Kier molecular flexibility index (Phi) is 3.80. The number of aromatic nitrogens is 2. The Morgan fingerprint density at radius 2 is 1.44 bits per heavy atom. The standard InChI is InChI=1S/C23H16ClN3/c24-19-12-6-7-13-20(19)26-21-14-22-23(18-11-5-4-10-17(18)21)25-15-27(22)16-8-2-1-3-9-16/h1-15,26H. The lowest BCUT2D eigenvalue weighted by molar-refractivity contribution is 1.09. The molecule has 1 aromatic heterocycles. The van der Waals surface area contributed by atoms with Gasteiger partial charge in [0.15, 0.2) is 0 Å². The van der Waals surface area contributed by atoms with Crippen molar-refractivity contribution < 1.29 is 0 Å². The van der Waals surface area contributed by atoms with E-state index in [0.29, 0.717) is 5.02 Å². The molecule has 0 aliphatic rings. The van der Waals surface area contributed by atoms with Crippen LogP contribution in [-0.4, -0.2) is 9.55 Å². The zero-order chi connectivity index (χ0) is 18.2. The molecule has 0 amide bonds. The molecule has 0 atom stereocenters. The molecule has 0 saturated carbocycles. The van der Waals surface area contributed by atoms with E-state index in [9.17, 15) is 0 Å². The average molecular weight is 370 g/mol. The maximum absolute atomic E-state index is 6.37. The minimum absolute atomic E-state index is 0.693. The number of fused-ring (bicyclic) bond motifs is 3. The molecule has 5 rings (SSSR count). The van der Waals surface area contributed by atoms with Crippen LogP contribution in [-0.2, 0) is 0 Å². The summed E-state index contributed by atoms with van der Waals surface area (Å²) >= 11 is 6.37. The quantitative estimate of drug-likeness (QED) is 0.389. The molecule has 0 saturated heterocycles. The molecular formula is C23H16ClN3. The van der Waals surface area contributed by atoms with Gasteiger partial charge in [0, 0.05) is 22.1 Å². The van der Waals surface area contributed by atoms with Gasteiger partial charge in [-0.05, 0) is 30.3 Å². The van der Waals surface area contributed by atoms with Crippen LogP contribution in [0.15, 0.2) is 91.3 Å². The van der Waals surface area contributed by atoms with Crippen molar-refractivity contribution in [2.45, 2.75) is 0 Å². The van der Waals surface area contributed by atoms with Crippen molar-refractivity contribution in [1.82, 2.24) is 9.55 Å². The van der Waals surface area contributed by atoms with Crippen molar-refractivity contribution in [3.05, 3.63) is 96.3 Å². The zero-order valence-electron chi connectivity index (χ0n) is 14.4. The first-order chi connectivity index (χ1) is 13.3. The smallest absolute Gasteiger partial charge is 0.100 e. The summed E-state index contributed by atoms with van der Waals surface area (Å²) in [6.07, 6.45) is 1.88. The molecular weight excluding hydrogens is 354 g/mol. The molecule has 0 aliphatic carbocycles. The lowest BCUT2D eigenvalue weighted by Gasteiger charge is -2.13. The number of para-hydroxylation sites is 2. The van der Waals surface area contributed by atoms with Gasteiger partial charge in [0.2, 0.25) is 0 Å². The molecule has 130 valence electrons. The van der Waals surface area contributed by atoms with E-state index in [2.05, 4.69) is 40.2 Å². The highest BCUT2D eigenvalue weighted by Crippen LogP contribution is 2.35. The minimum atomic E-state index is 0.693. The molecule has 0 unspecified atom stereocenters. The molecule has 3 nitrogen and oxygen atoms in total. The molecule has 5 aromatic rings. The van der Waals surface area contributed by atoms with Crippen molar-refractivity contribution in [1.29, 1.82) is 0 Å². The number of hydrogen-bond donors (Lipinski definition) is 1. The third-order valence-electron chi connectivity index (χ3n) is 4.74. The summed E-state index contributed by atoms with van der Waals surface area (Å²) in [5, 5.41) is 6.42. The summed E-state index contributed by atoms with van der Waals surface area (Å²) < 4.78 is 2.11. The predicted octanol–water partition coefficient (Wildman–Crippen LogP) is 6.58. The molecule has 4 heteroatoms. The van der Waals surface area contributed by atoms with Gasteiger partial charge in [-0.1, -0.05) is 66.2 Å². The van der Waals surface area contributed by atoms with E-state index in [4.69, 9.17) is 16.6 Å². The van der Waals surface area contributed by atoms with Gasteiger partial charge >= 0.3 is 0 Å². The summed E-state index contributed by atoms with van der Waals surface area (Å²) in [6, 6.07) is 28.5. The molecule has 1 heterocycles. The van der Waals surface area contributed by atoms with Crippen LogP contribution in [0.3, 0.4) is 0 Å². The predicted molar refractivity (Wildman–Crippen MR) is 113 cm³/mol. The van der Waals surface area contributed by atoms with Crippen LogP contribution >= 0.6 is 11.6 Å². The summed E-state index contributed by atoms with van der Waals surface area (Å²) in [4.78, 5) is 4.70. The summed E-state index contributed by atoms with van der Waals surface area (Å²) in [6.45, 7) is 0. The highest BCUT2D eigenvalue weighted by atomic mass is 35.5. The van der Waals surface area contributed by atoms with E-state index in [0.717, 1.165) is 38.9 Å². The number of rotatable bonds is 3. The number of benzene rings is 4. The highest BCUT2D eigenvalue weighted by Gasteiger charge is 2.13. The summed E-state index contributed by atoms with van der Waals surface area (Å²) in [5.41, 5.74) is 5.01. The van der Waals surface area contributed by atoms with Crippen LogP contribution < -0.4 is 5.32 Å². The maximum atomic E-state index is 6.37. The Morgan fingerprint density at radius 3 is 2.26 bits per heavy atom. The first kappa shape index (κ1) is 15.9. The Balaban J connectivity index is 1.77. The highest BCUT2D eigenvalue weighted by molar-refractivity contribution is 6.33. The monoisotopic (exact) mass is 369 g/mol. The van der Waals surface area contributed by atoms with Crippen LogP contribution in [0.25, 0.3) is 27.5 Å². The third-order valence-corrected chi connectivity index (χ3v) is 5.07. The second-order valence-corrected chi connectivity index (χ2v) is 6.80. The Bertz CT molecular complexity index is 1260. The zero-order valence-corrected chi connectivity index (χ0v) is 15.2. The third kappa shape index (κ3) is 2.73. The first-order valence-electron chi connectivity index (χ1n) is 8.77. The van der Waals surface area contributed by atoms with Crippen LogP contribution in [0, 0.1) is 0 Å². The molecule has 0 radical (unpaired) electrons. The van der Waals surface area contributed by atoms with Crippen molar-refractivity contribution >= 4 is 44.8 Å². The Labute approximate surface area is 161 Å². The van der Waals surface area contributed by atoms with Gasteiger partial charge in [0.1, 0.15) is 6.33 Å². The van der Waals surface area contributed by atoms with Gasteiger partial charge in [-0.3, -0.25) is 4.57 Å². The van der Waals surface area contributed by atoms with Gasteiger partial charge in [0.05, 0.1) is 21.7 Å². The van der Waals surface area contributed by atoms with E-state index >= 15 is 0 Å². The summed E-state index contributed by atoms with van der Waals surface area (Å²) in [7, 11) is 0. The van der Waals surface area contributed by atoms with Crippen molar-refractivity contribution in [3.63, 3.8) is 0 Å². The van der Waals surface area contributed by atoms with Crippen LogP contribution in [0.4, 0.5) is 11.4 Å². The lowest BCUT2D eigenvalue weighted by atomic mass is 10.1. The second-order valence-electron chi connectivity index (χ2n) is 6.39. The van der Waals surface area contributed by atoms with E-state index < -0.39 is 0 Å². The van der Waals surface area contributed by atoms with Gasteiger partial charge in [-0.25, -0.2) is 4.98 Å². The fraction of sp³-hybridized carbons (Fsp3) is 0. The van der Waals surface area contributed by atoms with Crippen molar-refractivity contribution in [2.24, 2.45) is 0 Å². The van der Waals surface area contributed by atoms with E-state index in [1.165, 1.54) is 0 Å². The largest absolute Gasteiger partial charge is 0.354 e. The lowest BCUT2D eigenvalue weighted by Crippen LogP contribution is -1.95. The Morgan fingerprint density at radius 1 is 0.741 bits per heavy atom. The van der Waals surface area contributed by atoms with Crippen molar-refractivity contribution in [2.75, 3.05) is 5.32 Å². The molecule has 4 aromatic carbocycles. The molecule has 0 spiro atoms. The molecule has 27 heavy (non-hydrogen) atoms. The number of hydrogen-bond acceptors (Lipinski definition) is 2. The normalized spacial score (nSPS) is 11.1. The molecule has 0 bridgehead atoms. The van der Waals surface area contributed by atoms with E-state index in [1.807, 2.05) is 60.9 Å². The van der Waals surface area contributed by atoms with Gasteiger partial charge in [-0.2, -0.15) is 0 Å². The molecule has 1 N–H and O–H groups in total. The van der Waals surface area contributed by atoms with E-state index in [1.54, 1.807) is 0 Å². The maximum Gasteiger partial charge on any atom is 0.100 e. The van der Waals surface area contributed by atoms with Crippen LogP contribution in [0.1, 0.15) is 0 Å². The van der Waals surface area contributed by atoms with E-state index in [-0.39, 0.29) is 0 Å². The number of nitrogens with one attached hydrogen (secondary N) is 1. The number of nitrogens with zero attached hydrogens (tertiary/aromatic N) is 2. The van der Waals surface area contributed by atoms with Gasteiger partial charge in [0.25, 0.3) is 0 Å². The number of anilines is 2. The first-order valence-corrected chi connectivity index (χ1v) is 9.15. The number of halogens is 1. The molecule has 0 fully saturated rings. The fourth-order valence-corrected chi connectivity index (χ4v) is 3.63. The van der Waals surface area contributed by atoms with Crippen LogP contribution in [0.2, 0.25) is 5.02 Å². The SMILES string of the molecule is Clc1ccccc1Nc1cc2c(ncn2-c2ccccc2)c2ccccc12. The summed E-state index contributed by atoms with van der Waals surface area (Å²) in [5.74, 6) is 0. The van der Waals surface area contributed by atoms with Gasteiger partial charge < -0.3 is 5.32 Å². The van der Waals surface area contributed by atoms with Crippen LogP contribution in [0.5, 0.6) is 0 Å². The Hall–Kier alpha value is -3.30. The topological polar surface area (TPSA) is 29.9 Å². The molecule has 0 aliphatic heterocycles. The fourth-order valence-electron chi connectivity index (χ4n) is 3.45. The van der Waals surface area contributed by atoms with Crippen molar-refractivity contribution in [3.8, 4) is 5.69 Å². The van der Waals surface area contributed by atoms with Gasteiger partial charge in [-0.15, -0.1) is 0 Å². The minimum Gasteiger partial charge on any atom is -0.354 e. The second kappa shape index (κ2) is 6.45.